The van der Waals surface area contributed by atoms with Gasteiger partial charge in [-0.2, -0.15) is 18.0 Å². The molecule has 4 aromatic heterocycles. The van der Waals surface area contributed by atoms with Crippen LogP contribution in [0.4, 0.5) is 22.0 Å². The summed E-state index contributed by atoms with van der Waals surface area (Å²) in [6, 6.07) is 4.47. The maximum Gasteiger partial charge on any atom is 0.418 e. The van der Waals surface area contributed by atoms with Crippen molar-refractivity contribution in [1.29, 1.82) is 0 Å². The molecule has 0 aliphatic carbocycles. The lowest BCUT2D eigenvalue weighted by molar-refractivity contribution is -0.138. The summed E-state index contributed by atoms with van der Waals surface area (Å²) in [5.74, 6) is -2.74. The SMILES string of the molecule is Cc1c(Oc2ncc(C(F)(F)F)c(C)c2-c2cc(=O)c3c(-c4nnn(C)n4)nccc3[nH]2)ccc(F)c1F. The van der Waals surface area contributed by atoms with Gasteiger partial charge in [0, 0.05) is 24.0 Å². The first kappa shape index (κ1) is 24.9. The minimum atomic E-state index is -4.77. The molecule has 0 fully saturated rings. The van der Waals surface area contributed by atoms with Crippen LogP contribution in [0.1, 0.15) is 16.7 Å². The van der Waals surface area contributed by atoms with E-state index in [1.165, 1.54) is 38.0 Å². The van der Waals surface area contributed by atoms with Gasteiger partial charge in [-0.3, -0.25) is 9.78 Å². The summed E-state index contributed by atoms with van der Waals surface area (Å²) in [5, 5.41) is 11.7. The Morgan fingerprint density at radius 2 is 1.82 bits per heavy atom. The molecule has 0 bridgehead atoms. The molecule has 5 rings (SSSR count). The van der Waals surface area contributed by atoms with Gasteiger partial charge in [-0.05, 0) is 42.8 Å². The van der Waals surface area contributed by atoms with Crippen molar-refractivity contribution in [1.82, 2.24) is 35.2 Å². The first-order valence-electron chi connectivity index (χ1n) is 10.9. The van der Waals surface area contributed by atoms with Gasteiger partial charge < -0.3 is 9.72 Å². The number of ether oxygens (including phenoxy) is 1. The topological polar surface area (TPSA) is 111 Å². The van der Waals surface area contributed by atoms with E-state index in [4.69, 9.17) is 4.74 Å². The standard InChI is InChI=1S/C24H16F5N7O2/c1-10-12(24(27,28)29)9-31-23(38-17-5-4-13(25)20(26)11(17)2)18(10)15-8-16(37)19-14(32-15)6-7-30-21(19)22-33-35-36(3)34-22/h4-9H,1-3H3,(H,32,37). The predicted molar refractivity (Wildman–Crippen MR) is 124 cm³/mol. The van der Waals surface area contributed by atoms with Gasteiger partial charge in [0.1, 0.15) is 11.4 Å². The highest BCUT2D eigenvalue weighted by Crippen LogP contribution is 2.41. The largest absolute Gasteiger partial charge is 0.438 e. The summed E-state index contributed by atoms with van der Waals surface area (Å²) in [7, 11) is 1.53. The van der Waals surface area contributed by atoms with Crippen molar-refractivity contribution in [3.63, 3.8) is 0 Å². The minimum absolute atomic E-state index is 0.0573. The van der Waals surface area contributed by atoms with E-state index < -0.39 is 28.8 Å². The number of rotatable bonds is 4. The molecule has 38 heavy (non-hydrogen) atoms. The Morgan fingerprint density at radius 1 is 1.05 bits per heavy atom. The van der Waals surface area contributed by atoms with Crippen LogP contribution < -0.4 is 10.2 Å². The van der Waals surface area contributed by atoms with Crippen LogP contribution in [-0.2, 0) is 13.2 Å². The number of aryl methyl sites for hydroxylation is 1. The molecule has 0 radical (unpaired) electrons. The molecule has 0 saturated carbocycles. The number of halogens is 5. The Kier molecular flexibility index (Phi) is 5.88. The number of hydrogen-bond donors (Lipinski definition) is 1. The number of tetrazole rings is 1. The fourth-order valence-corrected chi connectivity index (χ4v) is 3.99. The Hall–Kier alpha value is -4.75. The lowest BCUT2D eigenvalue weighted by Gasteiger charge is -2.18. The summed E-state index contributed by atoms with van der Waals surface area (Å²) in [5.41, 5.74) is -2.10. The smallest absolute Gasteiger partial charge is 0.418 e. The third-order valence-corrected chi connectivity index (χ3v) is 5.84. The molecule has 0 aliphatic rings. The Labute approximate surface area is 209 Å². The summed E-state index contributed by atoms with van der Waals surface area (Å²) in [6.07, 6.45) is -2.83. The number of aromatic amines is 1. The molecule has 0 aliphatic heterocycles. The number of nitrogens with zero attached hydrogens (tertiary/aromatic N) is 6. The van der Waals surface area contributed by atoms with Gasteiger partial charge in [-0.15, -0.1) is 10.2 Å². The van der Waals surface area contributed by atoms with E-state index in [0.29, 0.717) is 6.20 Å². The number of pyridine rings is 3. The van der Waals surface area contributed by atoms with Crippen LogP contribution in [0, 0.1) is 25.5 Å². The second kappa shape index (κ2) is 8.97. The Morgan fingerprint density at radius 3 is 2.50 bits per heavy atom. The zero-order valence-corrected chi connectivity index (χ0v) is 19.9. The number of alkyl halides is 3. The molecule has 194 valence electrons. The molecule has 1 aromatic carbocycles. The highest BCUT2D eigenvalue weighted by molar-refractivity contribution is 5.92. The van der Waals surface area contributed by atoms with E-state index in [2.05, 4.69) is 30.4 Å². The zero-order chi connectivity index (χ0) is 27.4. The summed E-state index contributed by atoms with van der Waals surface area (Å²) < 4.78 is 74.7. The Balaban J connectivity index is 1.74. The molecule has 14 heteroatoms. The van der Waals surface area contributed by atoms with Crippen LogP contribution in [0.25, 0.3) is 33.7 Å². The van der Waals surface area contributed by atoms with E-state index in [9.17, 15) is 26.7 Å². The molecule has 0 saturated heterocycles. The van der Waals surface area contributed by atoms with Crippen molar-refractivity contribution in [2.75, 3.05) is 0 Å². The van der Waals surface area contributed by atoms with Crippen LogP contribution in [0.3, 0.4) is 0 Å². The number of H-pyrrole nitrogens is 1. The average Bonchev–Trinajstić information content (AvgIpc) is 3.29. The predicted octanol–water partition coefficient (Wildman–Crippen LogP) is 4.88. The molecule has 1 N–H and O–H groups in total. The highest BCUT2D eigenvalue weighted by Gasteiger charge is 2.35. The maximum absolute atomic E-state index is 14.1. The molecule has 0 atom stereocenters. The Bertz CT molecular complexity index is 1780. The normalized spacial score (nSPS) is 11.8. The quantitative estimate of drug-likeness (QED) is 0.330. The van der Waals surface area contributed by atoms with Crippen LogP contribution in [0.2, 0.25) is 0 Å². The van der Waals surface area contributed by atoms with E-state index in [1.807, 2.05) is 0 Å². The summed E-state index contributed by atoms with van der Waals surface area (Å²) in [4.78, 5) is 25.4. The van der Waals surface area contributed by atoms with Crippen molar-refractivity contribution < 1.29 is 26.7 Å². The van der Waals surface area contributed by atoms with Crippen molar-refractivity contribution in [3.05, 3.63) is 75.2 Å². The molecule has 4 heterocycles. The van der Waals surface area contributed by atoms with Gasteiger partial charge >= 0.3 is 6.18 Å². The van der Waals surface area contributed by atoms with Crippen LogP contribution in [-0.4, -0.2) is 35.2 Å². The van der Waals surface area contributed by atoms with Gasteiger partial charge in [0.05, 0.1) is 34.8 Å². The number of fused-ring (bicyclic) bond motifs is 1. The van der Waals surface area contributed by atoms with Gasteiger partial charge in [-0.25, -0.2) is 13.8 Å². The lowest BCUT2D eigenvalue weighted by atomic mass is 10.0. The molecule has 0 spiro atoms. The summed E-state index contributed by atoms with van der Waals surface area (Å²) >= 11 is 0. The van der Waals surface area contributed by atoms with Crippen molar-refractivity contribution >= 4 is 10.9 Å². The maximum atomic E-state index is 14.1. The van der Waals surface area contributed by atoms with Crippen LogP contribution >= 0.6 is 0 Å². The van der Waals surface area contributed by atoms with Gasteiger partial charge in [0.15, 0.2) is 17.1 Å². The van der Waals surface area contributed by atoms with Crippen LogP contribution in [0.15, 0.2) is 41.5 Å². The molecule has 0 unspecified atom stereocenters. The first-order valence-corrected chi connectivity index (χ1v) is 10.9. The fraction of sp³-hybridized carbons (Fsp3) is 0.167. The number of hydrogen-bond acceptors (Lipinski definition) is 7. The highest BCUT2D eigenvalue weighted by atomic mass is 19.4. The first-order chi connectivity index (χ1) is 18.0. The molecular formula is C24H16F5N7O2. The van der Waals surface area contributed by atoms with Gasteiger partial charge in [0.2, 0.25) is 11.7 Å². The summed E-state index contributed by atoms with van der Waals surface area (Å²) in [6.45, 7) is 2.44. The van der Waals surface area contributed by atoms with Crippen molar-refractivity contribution in [2.45, 2.75) is 20.0 Å². The number of nitrogens with one attached hydrogen (secondary N) is 1. The fourth-order valence-electron chi connectivity index (χ4n) is 3.99. The number of aromatic nitrogens is 7. The third-order valence-electron chi connectivity index (χ3n) is 5.84. The lowest BCUT2D eigenvalue weighted by Crippen LogP contribution is -2.12. The van der Waals surface area contributed by atoms with Crippen LogP contribution in [0.5, 0.6) is 11.6 Å². The van der Waals surface area contributed by atoms with Gasteiger partial charge in [0.25, 0.3) is 0 Å². The molecule has 9 nitrogen and oxygen atoms in total. The minimum Gasteiger partial charge on any atom is -0.438 e. The average molecular weight is 529 g/mol. The van der Waals surface area contributed by atoms with E-state index in [0.717, 1.165) is 18.2 Å². The zero-order valence-electron chi connectivity index (χ0n) is 19.9. The van der Waals surface area contributed by atoms with E-state index in [1.54, 1.807) is 0 Å². The third kappa shape index (κ3) is 4.23. The van der Waals surface area contributed by atoms with Crippen molar-refractivity contribution in [3.8, 4) is 34.4 Å². The second-order valence-corrected chi connectivity index (χ2v) is 8.29. The van der Waals surface area contributed by atoms with E-state index >= 15 is 0 Å². The molecule has 5 aromatic rings. The number of benzene rings is 1. The van der Waals surface area contributed by atoms with Crippen molar-refractivity contribution in [2.24, 2.45) is 7.05 Å². The van der Waals surface area contributed by atoms with E-state index in [-0.39, 0.29) is 56.4 Å². The molecular weight excluding hydrogens is 513 g/mol. The molecule has 0 amide bonds. The second-order valence-electron chi connectivity index (χ2n) is 8.29. The monoisotopic (exact) mass is 529 g/mol. The van der Waals surface area contributed by atoms with Gasteiger partial charge in [-0.1, -0.05) is 0 Å².